The number of aryl methyl sites for hydroxylation is 1. The maximum Gasteiger partial charge on any atom is 0.142 e. The van der Waals surface area contributed by atoms with Crippen LogP contribution in [0.3, 0.4) is 0 Å². The minimum Gasteiger partial charge on any atom is -0.327 e. The summed E-state index contributed by atoms with van der Waals surface area (Å²) >= 11 is 0. The van der Waals surface area contributed by atoms with Crippen LogP contribution in [0.1, 0.15) is 33.0 Å². The number of carbonyl (C=O) groups excluding carboxylic acids is 1. The highest BCUT2D eigenvalue weighted by molar-refractivity contribution is 5.80. The molecule has 0 fully saturated rings. The summed E-state index contributed by atoms with van der Waals surface area (Å²) in [4.78, 5) is 15.8. The second kappa shape index (κ2) is 5.75. The fourth-order valence-corrected chi connectivity index (χ4v) is 1.44. The first kappa shape index (κ1) is 12.8. The topological polar surface area (TPSA) is 73.8 Å². The van der Waals surface area contributed by atoms with Gasteiger partial charge in [0, 0.05) is 19.0 Å². The van der Waals surface area contributed by atoms with Gasteiger partial charge < -0.3 is 5.73 Å². The second-order valence-corrected chi connectivity index (χ2v) is 4.32. The summed E-state index contributed by atoms with van der Waals surface area (Å²) in [7, 11) is 0. The van der Waals surface area contributed by atoms with E-state index in [1.54, 1.807) is 4.68 Å². The van der Waals surface area contributed by atoms with E-state index in [4.69, 9.17) is 5.73 Å². The van der Waals surface area contributed by atoms with E-state index in [1.807, 2.05) is 20.8 Å². The third kappa shape index (κ3) is 3.41. The normalized spacial score (nSPS) is 13.1. The summed E-state index contributed by atoms with van der Waals surface area (Å²) in [5, 5.41) is 4.02. The molecule has 90 valence electrons. The summed E-state index contributed by atoms with van der Waals surface area (Å²) < 4.78 is 1.73. The van der Waals surface area contributed by atoms with Crippen LogP contribution in [0.4, 0.5) is 0 Å². The third-order valence-corrected chi connectivity index (χ3v) is 2.67. The zero-order chi connectivity index (χ0) is 12.1. The van der Waals surface area contributed by atoms with Crippen LogP contribution < -0.4 is 5.73 Å². The molecule has 1 heterocycles. The Bertz CT molecular complexity index is 346. The van der Waals surface area contributed by atoms with E-state index in [1.165, 1.54) is 6.33 Å². The minimum absolute atomic E-state index is 0.0644. The van der Waals surface area contributed by atoms with Crippen LogP contribution in [0, 0.1) is 5.92 Å². The molecule has 1 aromatic rings. The standard InChI is InChI=1S/C11H20N4O/c1-4-15-11(13-7-14-15)6-9(16)5-10(12)8(2)3/h7-8,10H,4-6,12H2,1-3H3. The lowest BCUT2D eigenvalue weighted by atomic mass is 9.98. The Labute approximate surface area is 96.0 Å². The van der Waals surface area contributed by atoms with Crippen molar-refractivity contribution in [3.63, 3.8) is 0 Å². The van der Waals surface area contributed by atoms with Crippen molar-refractivity contribution in [1.82, 2.24) is 14.8 Å². The van der Waals surface area contributed by atoms with Gasteiger partial charge in [0.25, 0.3) is 0 Å². The lowest BCUT2D eigenvalue weighted by Gasteiger charge is -2.14. The largest absolute Gasteiger partial charge is 0.327 e. The molecule has 0 aliphatic carbocycles. The van der Waals surface area contributed by atoms with Crippen molar-refractivity contribution in [2.75, 3.05) is 0 Å². The molecule has 1 rings (SSSR count). The highest BCUT2D eigenvalue weighted by Crippen LogP contribution is 2.06. The molecular formula is C11H20N4O. The van der Waals surface area contributed by atoms with Gasteiger partial charge in [0.1, 0.15) is 17.9 Å². The number of nitrogens with two attached hydrogens (primary N) is 1. The Morgan fingerprint density at radius 3 is 2.81 bits per heavy atom. The van der Waals surface area contributed by atoms with Crippen molar-refractivity contribution in [1.29, 1.82) is 0 Å². The van der Waals surface area contributed by atoms with Gasteiger partial charge in [-0.1, -0.05) is 13.8 Å². The summed E-state index contributed by atoms with van der Waals surface area (Å²) in [5.74, 6) is 1.18. The number of hydrogen-bond donors (Lipinski definition) is 1. The predicted molar refractivity (Wildman–Crippen MR) is 61.8 cm³/mol. The van der Waals surface area contributed by atoms with E-state index in [2.05, 4.69) is 10.1 Å². The fourth-order valence-electron chi connectivity index (χ4n) is 1.44. The maximum absolute atomic E-state index is 11.7. The predicted octanol–water partition coefficient (Wildman–Crippen LogP) is 0.783. The van der Waals surface area contributed by atoms with E-state index in [0.29, 0.717) is 18.8 Å². The van der Waals surface area contributed by atoms with E-state index >= 15 is 0 Å². The highest BCUT2D eigenvalue weighted by atomic mass is 16.1. The van der Waals surface area contributed by atoms with Gasteiger partial charge in [0.2, 0.25) is 0 Å². The molecule has 16 heavy (non-hydrogen) atoms. The average molecular weight is 224 g/mol. The van der Waals surface area contributed by atoms with E-state index in [0.717, 1.165) is 12.4 Å². The van der Waals surface area contributed by atoms with Crippen molar-refractivity contribution in [3.8, 4) is 0 Å². The number of rotatable bonds is 6. The Hall–Kier alpha value is -1.23. The summed E-state index contributed by atoms with van der Waals surface area (Å²) in [6, 6.07) is -0.0644. The SMILES string of the molecule is CCn1ncnc1CC(=O)CC(N)C(C)C. The second-order valence-electron chi connectivity index (χ2n) is 4.32. The minimum atomic E-state index is -0.0644. The molecule has 0 saturated heterocycles. The molecule has 0 aliphatic rings. The van der Waals surface area contributed by atoms with Crippen molar-refractivity contribution in [2.45, 2.75) is 46.2 Å². The molecule has 2 N–H and O–H groups in total. The van der Waals surface area contributed by atoms with Crippen LogP contribution in [-0.4, -0.2) is 26.6 Å². The Balaban J connectivity index is 2.52. The number of hydrogen-bond acceptors (Lipinski definition) is 4. The molecular weight excluding hydrogens is 204 g/mol. The molecule has 5 heteroatoms. The van der Waals surface area contributed by atoms with Crippen LogP contribution in [0.2, 0.25) is 0 Å². The highest BCUT2D eigenvalue weighted by Gasteiger charge is 2.15. The van der Waals surface area contributed by atoms with Gasteiger partial charge in [0.15, 0.2) is 0 Å². The first-order valence-electron chi connectivity index (χ1n) is 5.68. The number of aromatic nitrogens is 3. The van der Waals surface area contributed by atoms with Gasteiger partial charge in [0.05, 0.1) is 6.42 Å². The monoisotopic (exact) mass is 224 g/mol. The smallest absolute Gasteiger partial charge is 0.142 e. The zero-order valence-corrected chi connectivity index (χ0v) is 10.2. The quantitative estimate of drug-likeness (QED) is 0.775. The molecule has 0 radical (unpaired) electrons. The molecule has 0 bridgehead atoms. The average Bonchev–Trinajstić information content (AvgIpc) is 2.64. The number of nitrogens with zero attached hydrogens (tertiary/aromatic N) is 3. The lowest BCUT2D eigenvalue weighted by Crippen LogP contribution is -2.30. The van der Waals surface area contributed by atoms with Crippen molar-refractivity contribution < 1.29 is 4.79 Å². The fraction of sp³-hybridized carbons (Fsp3) is 0.727. The summed E-state index contributed by atoms with van der Waals surface area (Å²) in [6.45, 7) is 6.75. The molecule has 0 spiro atoms. The first-order chi connectivity index (χ1) is 7.54. The number of ketones is 1. The number of Topliss-reactive ketones (excluding diaryl/α,β-unsaturated/α-hetero) is 1. The third-order valence-electron chi connectivity index (χ3n) is 2.67. The molecule has 0 amide bonds. The van der Waals surface area contributed by atoms with E-state index in [-0.39, 0.29) is 11.8 Å². The van der Waals surface area contributed by atoms with Crippen molar-refractivity contribution >= 4 is 5.78 Å². The van der Waals surface area contributed by atoms with Gasteiger partial charge in [-0.05, 0) is 12.8 Å². The Morgan fingerprint density at radius 1 is 1.56 bits per heavy atom. The molecule has 5 nitrogen and oxygen atoms in total. The van der Waals surface area contributed by atoms with Crippen LogP contribution >= 0.6 is 0 Å². The van der Waals surface area contributed by atoms with Gasteiger partial charge in [-0.25, -0.2) is 9.67 Å². The summed E-state index contributed by atoms with van der Waals surface area (Å²) in [6.07, 6.45) is 2.22. The first-order valence-corrected chi connectivity index (χ1v) is 5.68. The zero-order valence-electron chi connectivity index (χ0n) is 10.2. The molecule has 1 atom stereocenters. The molecule has 0 saturated carbocycles. The maximum atomic E-state index is 11.7. The van der Waals surface area contributed by atoms with Crippen molar-refractivity contribution in [2.24, 2.45) is 11.7 Å². The molecule has 1 unspecified atom stereocenters. The van der Waals surface area contributed by atoms with E-state index < -0.39 is 0 Å². The van der Waals surface area contributed by atoms with Gasteiger partial charge in [-0.3, -0.25) is 4.79 Å². The molecule has 0 aliphatic heterocycles. The van der Waals surface area contributed by atoms with Crippen LogP contribution in [0.15, 0.2) is 6.33 Å². The summed E-state index contributed by atoms with van der Waals surface area (Å²) in [5.41, 5.74) is 5.85. The molecule has 0 aromatic carbocycles. The number of carbonyl (C=O) groups is 1. The van der Waals surface area contributed by atoms with Crippen LogP contribution in [0.25, 0.3) is 0 Å². The molecule has 1 aromatic heterocycles. The van der Waals surface area contributed by atoms with E-state index in [9.17, 15) is 4.79 Å². The van der Waals surface area contributed by atoms with Crippen LogP contribution in [-0.2, 0) is 17.8 Å². The van der Waals surface area contributed by atoms with Crippen LogP contribution in [0.5, 0.6) is 0 Å². The van der Waals surface area contributed by atoms with Gasteiger partial charge >= 0.3 is 0 Å². The lowest BCUT2D eigenvalue weighted by molar-refractivity contribution is -0.119. The van der Waals surface area contributed by atoms with Gasteiger partial charge in [-0.15, -0.1) is 0 Å². The van der Waals surface area contributed by atoms with Gasteiger partial charge in [-0.2, -0.15) is 5.10 Å². The van der Waals surface area contributed by atoms with Crippen molar-refractivity contribution in [3.05, 3.63) is 12.2 Å². The Morgan fingerprint density at radius 2 is 2.25 bits per heavy atom. The Kier molecular flexibility index (Phi) is 4.61.